The van der Waals surface area contributed by atoms with Gasteiger partial charge in [-0.2, -0.15) is 4.98 Å². The normalized spacial score (nSPS) is 17.0. The van der Waals surface area contributed by atoms with Gasteiger partial charge in [0.25, 0.3) is 0 Å². The van der Waals surface area contributed by atoms with Crippen molar-refractivity contribution in [1.82, 2.24) is 20.1 Å². The van der Waals surface area contributed by atoms with Crippen molar-refractivity contribution in [2.75, 3.05) is 45.3 Å². The fraction of sp³-hybridized carbons (Fsp3) is 0.500. The van der Waals surface area contributed by atoms with Crippen LogP contribution in [0.5, 0.6) is 0 Å². The number of hydrogen-bond donors (Lipinski definition) is 1. The molecule has 0 aliphatic carbocycles. The fourth-order valence-corrected chi connectivity index (χ4v) is 2.50. The summed E-state index contributed by atoms with van der Waals surface area (Å²) in [4.78, 5) is 8.95. The molecule has 1 fully saturated rings. The van der Waals surface area contributed by atoms with Crippen molar-refractivity contribution in [2.45, 2.75) is 13.0 Å². The van der Waals surface area contributed by atoms with E-state index < -0.39 is 0 Å². The van der Waals surface area contributed by atoms with E-state index in [1.54, 1.807) is 0 Å². The van der Waals surface area contributed by atoms with E-state index in [9.17, 15) is 0 Å². The van der Waals surface area contributed by atoms with Gasteiger partial charge in [-0.05, 0) is 26.6 Å². The van der Waals surface area contributed by atoms with E-state index in [0.717, 1.165) is 43.6 Å². The Morgan fingerprint density at radius 1 is 1.18 bits per heavy atom. The number of nitrogens with one attached hydrogen (secondary N) is 1. The van der Waals surface area contributed by atoms with Gasteiger partial charge in [-0.1, -0.05) is 24.3 Å². The summed E-state index contributed by atoms with van der Waals surface area (Å²) in [6.07, 6.45) is 0. The topological polar surface area (TPSA) is 57.3 Å². The average molecular weight is 301 g/mol. The average Bonchev–Trinajstić information content (AvgIpc) is 3.05. The monoisotopic (exact) mass is 301 g/mol. The molecule has 3 rings (SSSR count). The van der Waals surface area contributed by atoms with Crippen LogP contribution in [0.4, 0.5) is 5.95 Å². The van der Waals surface area contributed by atoms with Crippen LogP contribution >= 0.6 is 0 Å². The van der Waals surface area contributed by atoms with Gasteiger partial charge in [0.1, 0.15) is 0 Å². The Balaban J connectivity index is 1.75. The number of rotatable bonds is 4. The van der Waals surface area contributed by atoms with Crippen LogP contribution in [0.2, 0.25) is 0 Å². The minimum atomic E-state index is 0.396. The maximum atomic E-state index is 5.36. The van der Waals surface area contributed by atoms with Crippen molar-refractivity contribution in [3.05, 3.63) is 29.8 Å². The molecule has 0 spiro atoms. The molecule has 118 valence electrons. The molecule has 1 unspecified atom stereocenters. The first-order valence-electron chi connectivity index (χ1n) is 7.67. The number of aromatic nitrogens is 3. The van der Waals surface area contributed by atoms with Gasteiger partial charge >= 0.3 is 0 Å². The number of ether oxygens (including phenoxy) is 1. The number of benzene rings is 1. The molecule has 0 saturated carbocycles. The predicted molar refractivity (Wildman–Crippen MR) is 87.0 cm³/mol. The molecule has 1 aliphatic heterocycles. The fourth-order valence-electron chi connectivity index (χ4n) is 2.50. The maximum absolute atomic E-state index is 5.36. The summed E-state index contributed by atoms with van der Waals surface area (Å²) in [5.74, 6) is 1.56. The van der Waals surface area contributed by atoms with Crippen LogP contribution < -0.4 is 4.90 Å². The Morgan fingerprint density at radius 2 is 1.86 bits per heavy atom. The minimum Gasteiger partial charge on any atom is -0.378 e. The van der Waals surface area contributed by atoms with E-state index in [1.807, 2.05) is 0 Å². The maximum Gasteiger partial charge on any atom is 0.245 e. The van der Waals surface area contributed by atoms with Crippen molar-refractivity contribution in [1.29, 1.82) is 0 Å². The molecule has 1 N–H and O–H groups in total. The molecular weight excluding hydrogens is 278 g/mol. The molecule has 0 amide bonds. The van der Waals surface area contributed by atoms with Gasteiger partial charge in [0.2, 0.25) is 5.95 Å². The molecule has 0 radical (unpaired) electrons. The smallest absolute Gasteiger partial charge is 0.245 e. The summed E-state index contributed by atoms with van der Waals surface area (Å²) in [5.41, 5.74) is 2.35. The molecule has 1 aliphatic rings. The van der Waals surface area contributed by atoms with Crippen LogP contribution in [-0.2, 0) is 4.74 Å². The Hall–Kier alpha value is -1.92. The summed E-state index contributed by atoms with van der Waals surface area (Å²) < 4.78 is 5.36. The van der Waals surface area contributed by atoms with E-state index in [-0.39, 0.29) is 0 Å². The highest BCUT2D eigenvalue weighted by molar-refractivity contribution is 5.57. The number of H-pyrrole nitrogens is 1. The largest absolute Gasteiger partial charge is 0.378 e. The van der Waals surface area contributed by atoms with Gasteiger partial charge in [0.15, 0.2) is 5.82 Å². The lowest BCUT2D eigenvalue weighted by Crippen LogP contribution is -2.36. The number of anilines is 1. The van der Waals surface area contributed by atoms with E-state index in [2.05, 4.69) is 70.3 Å². The number of aromatic amines is 1. The Morgan fingerprint density at radius 3 is 2.50 bits per heavy atom. The van der Waals surface area contributed by atoms with Crippen LogP contribution in [0, 0.1) is 0 Å². The number of nitrogens with zero attached hydrogens (tertiary/aromatic N) is 4. The lowest BCUT2D eigenvalue weighted by molar-refractivity contribution is 0.122. The molecule has 0 bridgehead atoms. The SMILES string of the molecule is CC(c1ccc(-c2nc(N3CCOCC3)n[nH]2)cc1)N(C)C. The molecule has 6 nitrogen and oxygen atoms in total. The molecule has 1 atom stereocenters. The second kappa shape index (κ2) is 6.46. The summed E-state index contributed by atoms with van der Waals surface area (Å²) in [6.45, 7) is 5.36. The highest BCUT2D eigenvalue weighted by Crippen LogP contribution is 2.22. The van der Waals surface area contributed by atoms with Gasteiger partial charge < -0.3 is 14.5 Å². The first kappa shape index (κ1) is 15.0. The highest BCUT2D eigenvalue weighted by atomic mass is 16.5. The number of morpholine rings is 1. The van der Waals surface area contributed by atoms with Gasteiger partial charge in [-0.15, -0.1) is 5.10 Å². The van der Waals surface area contributed by atoms with Crippen LogP contribution in [0.1, 0.15) is 18.5 Å². The van der Waals surface area contributed by atoms with Crippen LogP contribution in [0.25, 0.3) is 11.4 Å². The van der Waals surface area contributed by atoms with E-state index in [1.165, 1.54) is 5.56 Å². The van der Waals surface area contributed by atoms with Crippen molar-refractivity contribution in [3.8, 4) is 11.4 Å². The van der Waals surface area contributed by atoms with Crippen molar-refractivity contribution < 1.29 is 4.74 Å². The second-order valence-electron chi connectivity index (χ2n) is 5.85. The van der Waals surface area contributed by atoms with Gasteiger partial charge in [-0.3, -0.25) is 5.10 Å². The zero-order valence-electron chi connectivity index (χ0n) is 13.4. The van der Waals surface area contributed by atoms with Gasteiger partial charge in [0, 0.05) is 24.7 Å². The molecule has 1 aromatic carbocycles. The third-order valence-electron chi connectivity index (χ3n) is 4.21. The van der Waals surface area contributed by atoms with Crippen molar-refractivity contribution in [2.24, 2.45) is 0 Å². The highest BCUT2D eigenvalue weighted by Gasteiger charge is 2.16. The lowest BCUT2D eigenvalue weighted by atomic mass is 10.1. The van der Waals surface area contributed by atoms with Gasteiger partial charge in [-0.25, -0.2) is 0 Å². The van der Waals surface area contributed by atoms with E-state index >= 15 is 0 Å². The molecule has 2 aromatic rings. The molecule has 22 heavy (non-hydrogen) atoms. The lowest BCUT2D eigenvalue weighted by Gasteiger charge is -2.25. The first-order chi connectivity index (χ1) is 10.6. The molecular formula is C16H23N5O. The van der Waals surface area contributed by atoms with E-state index in [0.29, 0.717) is 6.04 Å². The standard InChI is InChI=1S/C16H23N5O/c1-12(20(2)3)13-4-6-14(7-5-13)15-17-16(19-18-15)21-8-10-22-11-9-21/h4-7,12H,8-11H2,1-3H3,(H,17,18,19). The molecule has 6 heteroatoms. The third kappa shape index (κ3) is 3.13. The Labute approximate surface area is 131 Å². The molecule has 2 heterocycles. The zero-order valence-corrected chi connectivity index (χ0v) is 13.4. The second-order valence-corrected chi connectivity index (χ2v) is 5.85. The molecule has 1 saturated heterocycles. The Kier molecular flexibility index (Phi) is 4.40. The zero-order chi connectivity index (χ0) is 15.5. The van der Waals surface area contributed by atoms with Crippen LogP contribution in [0.15, 0.2) is 24.3 Å². The van der Waals surface area contributed by atoms with Crippen LogP contribution in [0.3, 0.4) is 0 Å². The quantitative estimate of drug-likeness (QED) is 0.935. The summed E-state index contributed by atoms with van der Waals surface area (Å²) in [6, 6.07) is 8.89. The predicted octanol–water partition coefficient (Wildman–Crippen LogP) is 1.93. The first-order valence-corrected chi connectivity index (χ1v) is 7.67. The third-order valence-corrected chi connectivity index (χ3v) is 4.21. The molecule has 1 aromatic heterocycles. The van der Waals surface area contributed by atoms with Crippen LogP contribution in [-0.4, -0.2) is 60.5 Å². The summed E-state index contributed by atoms with van der Waals surface area (Å²) in [7, 11) is 4.17. The van der Waals surface area contributed by atoms with Crippen molar-refractivity contribution in [3.63, 3.8) is 0 Å². The van der Waals surface area contributed by atoms with Crippen molar-refractivity contribution >= 4 is 5.95 Å². The minimum absolute atomic E-state index is 0.396. The van der Waals surface area contributed by atoms with E-state index in [4.69, 9.17) is 4.74 Å². The summed E-state index contributed by atoms with van der Waals surface area (Å²) in [5, 5.41) is 7.36. The van der Waals surface area contributed by atoms with Gasteiger partial charge in [0.05, 0.1) is 13.2 Å². The summed E-state index contributed by atoms with van der Waals surface area (Å²) >= 11 is 0. The number of hydrogen-bond acceptors (Lipinski definition) is 5. The Bertz CT molecular complexity index is 601.